The number of hydrogen-bond donors (Lipinski definition) is 0. The number of morpholine rings is 1. The molecule has 0 unspecified atom stereocenters. The Labute approximate surface area is 84.1 Å². The molecule has 14 heavy (non-hydrogen) atoms. The Bertz CT molecular complexity index is 292. The summed E-state index contributed by atoms with van der Waals surface area (Å²) in [6, 6.07) is 0. The van der Waals surface area contributed by atoms with Crippen molar-refractivity contribution in [3.8, 4) is 0 Å². The van der Waals surface area contributed by atoms with Gasteiger partial charge in [-0.15, -0.1) is 0 Å². The van der Waals surface area contributed by atoms with Crippen LogP contribution in [0.15, 0.2) is 0 Å². The number of rotatable bonds is 4. The topological polar surface area (TPSA) is 63.7 Å². The average Bonchev–Trinajstić information content (AvgIpc) is 2.16. The van der Waals surface area contributed by atoms with Crippen molar-refractivity contribution in [3.63, 3.8) is 0 Å². The van der Waals surface area contributed by atoms with Crippen LogP contribution < -0.4 is 0 Å². The van der Waals surface area contributed by atoms with E-state index in [1.807, 2.05) is 0 Å². The van der Waals surface area contributed by atoms with Gasteiger partial charge in [0.15, 0.2) is 0 Å². The number of nitrogens with zero attached hydrogens (tertiary/aromatic N) is 1. The molecule has 5 nitrogen and oxygen atoms in total. The Morgan fingerprint density at radius 3 is 2.43 bits per heavy atom. The van der Waals surface area contributed by atoms with E-state index in [0.29, 0.717) is 26.3 Å². The zero-order valence-electron chi connectivity index (χ0n) is 8.23. The van der Waals surface area contributed by atoms with Gasteiger partial charge in [-0.25, -0.2) is 8.42 Å². The van der Waals surface area contributed by atoms with Crippen LogP contribution in [0.5, 0.6) is 0 Å². The van der Waals surface area contributed by atoms with Crippen molar-refractivity contribution in [3.05, 3.63) is 0 Å². The molecular weight excluding hydrogens is 206 g/mol. The summed E-state index contributed by atoms with van der Waals surface area (Å²) >= 11 is 0. The summed E-state index contributed by atoms with van der Waals surface area (Å²) in [5.74, 6) is -0.177. The van der Waals surface area contributed by atoms with E-state index in [-0.39, 0.29) is 18.0 Å². The second kappa shape index (κ2) is 4.86. The number of ketones is 1. The Morgan fingerprint density at radius 2 is 1.93 bits per heavy atom. The molecular formula is C8H15NO4S. The lowest BCUT2D eigenvalue weighted by atomic mass is 10.4. The second-order valence-electron chi connectivity index (χ2n) is 3.28. The molecule has 1 aliphatic heterocycles. The fourth-order valence-corrected chi connectivity index (χ4v) is 2.74. The highest BCUT2D eigenvalue weighted by Gasteiger charge is 2.23. The molecule has 0 atom stereocenters. The summed E-state index contributed by atoms with van der Waals surface area (Å²) in [7, 11) is -3.25. The zero-order valence-corrected chi connectivity index (χ0v) is 9.05. The van der Waals surface area contributed by atoms with Crippen molar-refractivity contribution in [1.82, 2.24) is 4.31 Å². The van der Waals surface area contributed by atoms with E-state index in [0.717, 1.165) is 0 Å². The van der Waals surface area contributed by atoms with Gasteiger partial charge in [-0.1, -0.05) is 0 Å². The minimum absolute atomic E-state index is 0.0810. The van der Waals surface area contributed by atoms with Gasteiger partial charge in [0.1, 0.15) is 5.78 Å². The molecule has 82 valence electrons. The minimum Gasteiger partial charge on any atom is -0.379 e. The van der Waals surface area contributed by atoms with Crippen LogP contribution in [0.25, 0.3) is 0 Å². The number of sulfonamides is 1. The molecule has 1 rings (SSSR count). The summed E-state index contributed by atoms with van der Waals surface area (Å²) in [6.07, 6.45) is 0.0969. The first-order chi connectivity index (χ1) is 6.52. The standard InChI is InChI=1S/C8H15NO4S/c1-8(10)2-7-14(11,12)9-3-5-13-6-4-9/h2-7H2,1H3. The Balaban J connectivity index is 2.50. The van der Waals surface area contributed by atoms with Gasteiger partial charge < -0.3 is 4.74 Å². The van der Waals surface area contributed by atoms with Crippen molar-refractivity contribution in [2.24, 2.45) is 0 Å². The molecule has 0 amide bonds. The molecule has 0 spiro atoms. The molecule has 1 fully saturated rings. The monoisotopic (exact) mass is 221 g/mol. The molecule has 0 radical (unpaired) electrons. The number of hydrogen-bond acceptors (Lipinski definition) is 4. The fourth-order valence-electron chi connectivity index (χ4n) is 1.23. The highest BCUT2D eigenvalue weighted by atomic mass is 32.2. The van der Waals surface area contributed by atoms with Crippen molar-refractivity contribution < 1.29 is 17.9 Å². The predicted molar refractivity (Wildman–Crippen MR) is 51.5 cm³/mol. The van der Waals surface area contributed by atoms with Crippen LogP contribution in [0.4, 0.5) is 0 Å². The van der Waals surface area contributed by atoms with E-state index in [4.69, 9.17) is 4.74 Å². The highest BCUT2D eigenvalue weighted by Crippen LogP contribution is 2.06. The molecule has 0 aromatic rings. The maximum Gasteiger partial charge on any atom is 0.214 e. The number of ether oxygens (including phenoxy) is 1. The second-order valence-corrected chi connectivity index (χ2v) is 5.37. The first-order valence-electron chi connectivity index (χ1n) is 4.57. The SMILES string of the molecule is CC(=O)CCS(=O)(=O)N1CCOCC1. The number of Topliss-reactive ketones (excluding diaryl/α,β-unsaturated/α-hetero) is 1. The van der Waals surface area contributed by atoms with Gasteiger partial charge in [-0.3, -0.25) is 4.79 Å². The van der Waals surface area contributed by atoms with Crippen LogP contribution in [0.2, 0.25) is 0 Å². The van der Waals surface area contributed by atoms with Crippen LogP contribution >= 0.6 is 0 Å². The maximum absolute atomic E-state index is 11.6. The Hall–Kier alpha value is -0.460. The van der Waals surface area contributed by atoms with Gasteiger partial charge in [0.2, 0.25) is 10.0 Å². The van der Waals surface area contributed by atoms with Gasteiger partial charge >= 0.3 is 0 Å². The van der Waals surface area contributed by atoms with Crippen LogP contribution in [0, 0.1) is 0 Å². The third-order valence-corrected chi connectivity index (χ3v) is 3.95. The van der Waals surface area contributed by atoms with E-state index in [1.165, 1.54) is 11.2 Å². The van der Waals surface area contributed by atoms with Crippen LogP contribution in [0.3, 0.4) is 0 Å². The first kappa shape index (κ1) is 11.6. The molecule has 0 saturated carbocycles. The Morgan fingerprint density at radius 1 is 1.36 bits per heavy atom. The fraction of sp³-hybridized carbons (Fsp3) is 0.875. The molecule has 1 saturated heterocycles. The van der Waals surface area contributed by atoms with Gasteiger partial charge in [0.05, 0.1) is 19.0 Å². The van der Waals surface area contributed by atoms with Crippen molar-refractivity contribution in [2.45, 2.75) is 13.3 Å². The lowest BCUT2D eigenvalue weighted by Crippen LogP contribution is -2.42. The number of carbonyl (C=O) groups excluding carboxylic acids is 1. The number of carbonyl (C=O) groups is 1. The lowest BCUT2D eigenvalue weighted by Gasteiger charge is -2.25. The third kappa shape index (κ3) is 3.36. The molecule has 0 bridgehead atoms. The van der Waals surface area contributed by atoms with E-state index in [2.05, 4.69) is 0 Å². The summed E-state index contributed by atoms with van der Waals surface area (Å²) in [4.78, 5) is 10.7. The van der Waals surface area contributed by atoms with Gasteiger partial charge in [0.25, 0.3) is 0 Å². The van der Waals surface area contributed by atoms with E-state index in [1.54, 1.807) is 0 Å². The third-order valence-electron chi connectivity index (χ3n) is 2.08. The maximum atomic E-state index is 11.6. The average molecular weight is 221 g/mol. The van der Waals surface area contributed by atoms with Crippen molar-refractivity contribution in [2.75, 3.05) is 32.1 Å². The Kier molecular flexibility index (Phi) is 4.03. The van der Waals surface area contributed by atoms with E-state index in [9.17, 15) is 13.2 Å². The van der Waals surface area contributed by atoms with E-state index < -0.39 is 10.0 Å². The summed E-state index contributed by atoms with van der Waals surface area (Å²) in [5.41, 5.74) is 0. The zero-order chi connectivity index (χ0) is 10.6. The van der Waals surface area contributed by atoms with Crippen molar-refractivity contribution >= 4 is 15.8 Å². The molecule has 0 aromatic carbocycles. The van der Waals surface area contributed by atoms with E-state index >= 15 is 0 Å². The van der Waals surface area contributed by atoms with Crippen LogP contribution in [0.1, 0.15) is 13.3 Å². The quantitative estimate of drug-likeness (QED) is 0.649. The van der Waals surface area contributed by atoms with Crippen LogP contribution in [-0.2, 0) is 19.6 Å². The molecule has 0 N–H and O–H groups in total. The molecule has 1 heterocycles. The minimum atomic E-state index is -3.25. The summed E-state index contributed by atoms with van der Waals surface area (Å²) in [5, 5.41) is 0. The predicted octanol–water partition coefficient (Wildman–Crippen LogP) is -0.373. The summed E-state index contributed by atoms with van der Waals surface area (Å²) in [6.45, 7) is 3.09. The van der Waals surface area contributed by atoms with Crippen LogP contribution in [-0.4, -0.2) is 50.6 Å². The van der Waals surface area contributed by atoms with Gasteiger partial charge in [0, 0.05) is 19.5 Å². The molecule has 0 aromatic heterocycles. The normalized spacial score (nSPS) is 19.5. The smallest absolute Gasteiger partial charge is 0.214 e. The summed E-state index contributed by atoms with van der Waals surface area (Å²) < 4.78 is 29.7. The largest absolute Gasteiger partial charge is 0.379 e. The van der Waals surface area contributed by atoms with Crippen molar-refractivity contribution in [1.29, 1.82) is 0 Å². The first-order valence-corrected chi connectivity index (χ1v) is 6.18. The molecule has 0 aliphatic carbocycles. The molecule has 1 aliphatic rings. The highest BCUT2D eigenvalue weighted by molar-refractivity contribution is 7.89. The van der Waals surface area contributed by atoms with Gasteiger partial charge in [-0.05, 0) is 6.92 Å². The molecule has 6 heteroatoms. The van der Waals surface area contributed by atoms with Gasteiger partial charge in [-0.2, -0.15) is 4.31 Å². The lowest BCUT2D eigenvalue weighted by molar-refractivity contribution is -0.116.